The van der Waals surface area contributed by atoms with Crippen LogP contribution >= 0.6 is 0 Å². The van der Waals surface area contributed by atoms with Crippen LogP contribution < -0.4 is 10.1 Å². The minimum absolute atomic E-state index is 0.135. The first kappa shape index (κ1) is 15.4. The van der Waals surface area contributed by atoms with Crippen LogP contribution in [0.2, 0.25) is 0 Å². The number of halogens is 1. The van der Waals surface area contributed by atoms with Crippen molar-refractivity contribution in [1.82, 2.24) is 10.3 Å². The summed E-state index contributed by atoms with van der Waals surface area (Å²) >= 11 is 0. The number of ether oxygens (including phenoxy) is 1. The predicted octanol–water partition coefficient (Wildman–Crippen LogP) is 3.51. The minimum Gasteiger partial charge on any atom is -0.490 e. The van der Waals surface area contributed by atoms with E-state index in [1.165, 1.54) is 6.07 Å². The van der Waals surface area contributed by atoms with E-state index in [4.69, 9.17) is 4.74 Å². The Labute approximate surface area is 125 Å². The lowest BCUT2D eigenvalue weighted by Gasteiger charge is -2.14. The molecule has 0 saturated carbocycles. The molecule has 2 aromatic rings. The maximum atomic E-state index is 14.0. The molecule has 1 N–H and O–H groups in total. The first-order valence-electron chi connectivity index (χ1n) is 7.25. The Kier molecular flexibility index (Phi) is 5.69. The molecule has 1 aromatic carbocycles. The molecule has 2 rings (SSSR count). The molecule has 0 aliphatic carbocycles. The van der Waals surface area contributed by atoms with Gasteiger partial charge in [-0.3, -0.25) is 4.98 Å². The van der Waals surface area contributed by atoms with Gasteiger partial charge in [-0.15, -0.1) is 0 Å². The highest BCUT2D eigenvalue weighted by molar-refractivity contribution is 5.31. The van der Waals surface area contributed by atoms with Gasteiger partial charge < -0.3 is 10.1 Å². The minimum atomic E-state index is -0.313. The van der Waals surface area contributed by atoms with Crippen molar-refractivity contribution in [1.29, 1.82) is 0 Å². The summed E-state index contributed by atoms with van der Waals surface area (Å²) in [5.74, 6) is -0.0107. The molecule has 0 saturated heterocycles. The number of hydrogen-bond donors (Lipinski definition) is 1. The average molecular weight is 288 g/mol. The molecule has 0 bridgehead atoms. The molecular weight excluding hydrogens is 267 g/mol. The summed E-state index contributed by atoms with van der Waals surface area (Å²) in [6, 6.07) is 9.13. The third-order valence-electron chi connectivity index (χ3n) is 3.36. The van der Waals surface area contributed by atoms with Gasteiger partial charge >= 0.3 is 0 Å². The van der Waals surface area contributed by atoms with Crippen LogP contribution in [0.4, 0.5) is 4.39 Å². The molecule has 1 atom stereocenters. The quantitative estimate of drug-likeness (QED) is 0.846. The summed E-state index contributed by atoms with van der Waals surface area (Å²) in [5, 5.41) is 3.26. The number of rotatable bonds is 7. The number of nitrogens with zero attached hydrogens (tertiary/aromatic N) is 1. The third-order valence-corrected chi connectivity index (χ3v) is 3.36. The number of nitrogens with one attached hydrogen (secondary N) is 1. The molecule has 0 aliphatic rings. The van der Waals surface area contributed by atoms with Gasteiger partial charge in [-0.05, 0) is 48.9 Å². The van der Waals surface area contributed by atoms with Crippen LogP contribution in [0, 0.1) is 5.82 Å². The fourth-order valence-corrected chi connectivity index (χ4v) is 2.16. The van der Waals surface area contributed by atoms with E-state index in [1.807, 2.05) is 32.0 Å². The van der Waals surface area contributed by atoms with Crippen molar-refractivity contribution in [3.05, 3.63) is 59.7 Å². The van der Waals surface area contributed by atoms with Gasteiger partial charge in [0.15, 0.2) is 11.6 Å². The lowest BCUT2D eigenvalue weighted by Crippen LogP contribution is -2.17. The van der Waals surface area contributed by atoms with Crippen molar-refractivity contribution < 1.29 is 9.13 Å². The highest BCUT2D eigenvalue weighted by atomic mass is 19.1. The first-order valence-corrected chi connectivity index (χ1v) is 7.25. The Bertz CT molecular complexity index is 560. The molecule has 21 heavy (non-hydrogen) atoms. The largest absolute Gasteiger partial charge is 0.490 e. The summed E-state index contributed by atoms with van der Waals surface area (Å²) < 4.78 is 19.5. The van der Waals surface area contributed by atoms with E-state index in [-0.39, 0.29) is 11.9 Å². The summed E-state index contributed by atoms with van der Waals surface area (Å²) in [6.45, 7) is 5.35. The smallest absolute Gasteiger partial charge is 0.165 e. The van der Waals surface area contributed by atoms with Gasteiger partial charge in [-0.25, -0.2) is 4.39 Å². The molecule has 0 radical (unpaired) electrons. The SMILES string of the molecule is CCNC(C)c1ccc(OCCc2ccncc2)c(F)c1. The van der Waals surface area contributed by atoms with Gasteiger partial charge in [0.1, 0.15) is 0 Å². The van der Waals surface area contributed by atoms with Crippen molar-refractivity contribution in [3.8, 4) is 5.75 Å². The van der Waals surface area contributed by atoms with Crippen LogP contribution in [-0.4, -0.2) is 18.1 Å². The summed E-state index contributed by atoms with van der Waals surface area (Å²) in [7, 11) is 0. The zero-order valence-corrected chi connectivity index (χ0v) is 12.5. The van der Waals surface area contributed by atoms with Gasteiger partial charge in [0.2, 0.25) is 0 Å². The van der Waals surface area contributed by atoms with Crippen LogP contribution in [-0.2, 0) is 6.42 Å². The van der Waals surface area contributed by atoms with Gasteiger partial charge in [0, 0.05) is 24.9 Å². The molecule has 0 amide bonds. The topological polar surface area (TPSA) is 34.1 Å². The summed E-state index contributed by atoms with van der Waals surface area (Å²) in [4.78, 5) is 3.96. The molecule has 0 spiro atoms. The Morgan fingerprint density at radius 3 is 2.67 bits per heavy atom. The molecule has 0 fully saturated rings. The van der Waals surface area contributed by atoms with Gasteiger partial charge in [-0.1, -0.05) is 13.0 Å². The van der Waals surface area contributed by atoms with Gasteiger partial charge in [0.25, 0.3) is 0 Å². The monoisotopic (exact) mass is 288 g/mol. The highest BCUT2D eigenvalue weighted by Gasteiger charge is 2.09. The average Bonchev–Trinajstić information content (AvgIpc) is 2.50. The second-order valence-electron chi connectivity index (χ2n) is 4.92. The normalized spacial score (nSPS) is 12.1. The third kappa shape index (κ3) is 4.53. The van der Waals surface area contributed by atoms with Gasteiger partial charge in [-0.2, -0.15) is 0 Å². The van der Waals surface area contributed by atoms with Crippen LogP contribution in [0.15, 0.2) is 42.7 Å². The van der Waals surface area contributed by atoms with Crippen molar-refractivity contribution in [2.75, 3.05) is 13.2 Å². The summed E-state index contributed by atoms with van der Waals surface area (Å²) in [5.41, 5.74) is 2.05. The van der Waals surface area contributed by atoms with E-state index in [0.29, 0.717) is 12.4 Å². The number of benzene rings is 1. The maximum absolute atomic E-state index is 14.0. The Morgan fingerprint density at radius 1 is 1.24 bits per heavy atom. The van der Waals surface area contributed by atoms with Crippen LogP contribution in [0.3, 0.4) is 0 Å². The van der Waals surface area contributed by atoms with Crippen LogP contribution in [0.25, 0.3) is 0 Å². The molecule has 0 aliphatic heterocycles. The second kappa shape index (κ2) is 7.74. The predicted molar refractivity (Wildman–Crippen MR) is 81.9 cm³/mol. The van der Waals surface area contributed by atoms with Crippen molar-refractivity contribution in [2.45, 2.75) is 26.3 Å². The fraction of sp³-hybridized carbons (Fsp3) is 0.353. The molecule has 4 heteroatoms. The van der Waals surface area contributed by atoms with Gasteiger partial charge in [0.05, 0.1) is 6.61 Å². The molecular formula is C17H21FN2O. The summed E-state index contributed by atoms with van der Waals surface area (Å²) in [6.07, 6.45) is 4.22. The zero-order chi connectivity index (χ0) is 15.1. The zero-order valence-electron chi connectivity index (χ0n) is 12.5. The number of aromatic nitrogens is 1. The molecule has 1 aromatic heterocycles. The highest BCUT2D eigenvalue weighted by Crippen LogP contribution is 2.22. The number of hydrogen-bond acceptors (Lipinski definition) is 3. The van der Waals surface area contributed by atoms with Crippen molar-refractivity contribution in [3.63, 3.8) is 0 Å². The van der Waals surface area contributed by atoms with Crippen molar-refractivity contribution in [2.24, 2.45) is 0 Å². The standard InChI is InChI=1S/C17H21FN2O/c1-3-20-13(2)15-4-5-17(16(18)12-15)21-11-8-14-6-9-19-10-7-14/h4-7,9-10,12-13,20H,3,8,11H2,1-2H3. The second-order valence-corrected chi connectivity index (χ2v) is 4.92. The van der Waals surface area contributed by atoms with E-state index in [9.17, 15) is 4.39 Å². The van der Waals surface area contributed by atoms with Crippen LogP contribution in [0.5, 0.6) is 5.75 Å². The fourth-order valence-electron chi connectivity index (χ4n) is 2.16. The lowest BCUT2D eigenvalue weighted by molar-refractivity contribution is 0.305. The maximum Gasteiger partial charge on any atom is 0.165 e. The van der Waals surface area contributed by atoms with E-state index < -0.39 is 0 Å². The van der Waals surface area contributed by atoms with Crippen molar-refractivity contribution >= 4 is 0 Å². The first-order chi connectivity index (χ1) is 10.2. The van der Waals surface area contributed by atoms with E-state index in [0.717, 1.165) is 24.1 Å². The molecule has 112 valence electrons. The Balaban J connectivity index is 1.92. The molecule has 3 nitrogen and oxygen atoms in total. The molecule has 1 heterocycles. The number of pyridine rings is 1. The van der Waals surface area contributed by atoms with E-state index >= 15 is 0 Å². The lowest BCUT2D eigenvalue weighted by atomic mass is 10.1. The molecule has 1 unspecified atom stereocenters. The Morgan fingerprint density at radius 2 is 2.00 bits per heavy atom. The Hall–Kier alpha value is -1.94. The van der Waals surface area contributed by atoms with E-state index in [1.54, 1.807) is 18.5 Å². The van der Waals surface area contributed by atoms with E-state index in [2.05, 4.69) is 10.3 Å². The van der Waals surface area contributed by atoms with Crippen LogP contribution in [0.1, 0.15) is 31.0 Å².